The molecular weight excluding hydrogens is 272 g/mol. The molecule has 0 heterocycles. The maximum Gasteiger partial charge on any atom is 0.159 e. The predicted octanol–water partition coefficient (Wildman–Crippen LogP) is 5.31. The topological polar surface area (TPSA) is 26.3 Å². The van der Waals surface area contributed by atoms with Crippen molar-refractivity contribution in [2.45, 2.75) is 52.6 Å². The average molecular weight is 296 g/mol. The zero-order valence-corrected chi connectivity index (χ0v) is 13.7. The summed E-state index contributed by atoms with van der Waals surface area (Å²) >= 11 is 0. The predicted molar refractivity (Wildman–Crippen MR) is 90.7 cm³/mol. The molecule has 2 nitrogen and oxygen atoms in total. The van der Waals surface area contributed by atoms with Crippen molar-refractivity contribution in [3.8, 4) is 5.75 Å². The summed E-state index contributed by atoms with van der Waals surface area (Å²) in [6.45, 7) is 6.04. The summed E-state index contributed by atoms with van der Waals surface area (Å²) in [4.78, 5) is 11.5. The number of rotatable bonds is 3. The molecule has 0 aromatic heterocycles. The second-order valence-corrected chi connectivity index (χ2v) is 6.68. The monoisotopic (exact) mass is 296 g/mol. The summed E-state index contributed by atoms with van der Waals surface area (Å²) in [5.41, 5.74) is 1.94. The van der Waals surface area contributed by atoms with E-state index in [2.05, 4.69) is 26.0 Å². The van der Waals surface area contributed by atoms with Crippen molar-refractivity contribution in [1.82, 2.24) is 0 Å². The van der Waals surface area contributed by atoms with E-state index in [1.165, 1.54) is 23.8 Å². The Hall–Kier alpha value is -1.83. The zero-order valence-electron chi connectivity index (χ0n) is 13.7. The average Bonchev–Trinajstić information content (AvgIpc) is 2.52. The molecule has 0 spiro atoms. The lowest BCUT2D eigenvalue weighted by molar-refractivity contribution is 0.101. The van der Waals surface area contributed by atoms with E-state index in [1.807, 2.05) is 18.2 Å². The molecule has 2 aromatic carbocycles. The first kappa shape index (κ1) is 15.1. The van der Waals surface area contributed by atoms with E-state index < -0.39 is 0 Å². The van der Waals surface area contributed by atoms with E-state index in [1.54, 1.807) is 6.92 Å². The van der Waals surface area contributed by atoms with Gasteiger partial charge in [-0.05, 0) is 73.9 Å². The van der Waals surface area contributed by atoms with Crippen molar-refractivity contribution < 1.29 is 9.53 Å². The lowest BCUT2D eigenvalue weighted by Gasteiger charge is -2.27. The van der Waals surface area contributed by atoms with Gasteiger partial charge in [0.1, 0.15) is 5.75 Å². The number of hydrogen-bond donors (Lipinski definition) is 0. The standard InChI is InChI=1S/C20H24O2/c1-13-4-8-18(9-5-13)22-20-11-7-17-12-16(15(3)21)6-10-19(17)14(20)2/h6-7,10-13,18H,4-5,8-9H2,1-3H3. The highest BCUT2D eigenvalue weighted by Gasteiger charge is 2.20. The number of fused-ring (bicyclic) bond motifs is 1. The Morgan fingerprint density at radius 3 is 2.50 bits per heavy atom. The van der Waals surface area contributed by atoms with Crippen LogP contribution in [0.4, 0.5) is 0 Å². The van der Waals surface area contributed by atoms with Gasteiger partial charge in [-0.3, -0.25) is 4.79 Å². The smallest absolute Gasteiger partial charge is 0.159 e. The van der Waals surface area contributed by atoms with Gasteiger partial charge in [0.25, 0.3) is 0 Å². The molecule has 0 saturated heterocycles. The van der Waals surface area contributed by atoms with Crippen molar-refractivity contribution in [3.63, 3.8) is 0 Å². The molecule has 0 atom stereocenters. The van der Waals surface area contributed by atoms with Gasteiger partial charge >= 0.3 is 0 Å². The van der Waals surface area contributed by atoms with E-state index in [4.69, 9.17) is 4.74 Å². The van der Waals surface area contributed by atoms with Crippen LogP contribution in [-0.4, -0.2) is 11.9 Å². The molecule has 0 radical (unpaired) electrons. The molecule has 116 valence electrons. The van der Waals surface area contributed by atoms with Gasteiger partial charge < -0.3 is 4.74 Å². The van der Waals surface area contributed by atoms with Crippen molar-refractivity contribution in [3.05, 3.63) is 41.5 Å². The number of ether oxygens (including phenoxy) is 1. The van der Waals surface area contributed by atoms with Crippen LogP contribution < -0.4 is 4.74 Å². The number of benzene rings is 2. The first-order valence-electron chi connectivity index (χ1n) is 8.25. The molecule has 0 aliphatic heterocycles. The van der Waals surface area contributed by atoms with Gasteiger partial charge in [-0.25, -0.2) is 0 Å². The highest BCUT2D eigenvalue weighted by atomic mass is 16.5. The van der Waals surface area contributed by atoms with Gasteiger partial charge in [0.2, 0.25) is 0 Å². The Kier molecular flexibility index (Phi) is 4.19. The molecule has 2 aromatic rings. The Labute approximate surface area is 132 Å². The fourth-order valence-electron chi connectivity index (χ4n) is 3.34. The third kappa shape index (κ3) is 3.01. The summed E-state index contributed by atoms with van der Waals surface area (Å²) in [6, 6.07) is 10.0. The minimum atomic E-state index is 0.108. The fourth-order valence-corrected chi connectivity index (χ4v) is 3.34. The molecule has 1 aliphatic rings. The van der Waals surface area contributed by atoms with Gasteiger partial charge in [0, 0.05) is 5.56 Å². The van der Waals surface area contributed by atoms with Gasteiger partial charge in [0.05, 0.1) is 6.10 Å². The zero-order chi connectivity index (χ0) is 15.7. The Bertz CT molecular complexity index is 694. The molecule has 3 rings (SSSR count). The molecule has 22 heavy (non-hydrogen) atoms. The molecule has 1 aliphatic carbocycles. The van der Waals surface area contributed by atoms with Crippen molar-refractivity contribution in [2.75, 3.05) is 0 Å². The SMILES string of the molecule is CC(=O)c1ccc2c(C)c(OC3CCC(C)CC3)ccc2c1. The van der Waals surface area contributed by atoms with Crippen LogP contribution in [0.1, 0.15) is 55.5 Å². The Morgan fingerprint density at radius 2 is 1.82 bits per heavy atom. The molecule has 0 unspecified atom stereocenters. The maximum absolute atomic E-state index is 11.5. The summed E-state index contributed by atoms with van der Waals surface area (Å²) in [5, 5.41) is 2.28. The van der Waals surface area contributed by atoms with Crippen LogP contribution in [0.25, 0.3) is 10.8 Å². The van der Waals surface area contributed by atoms with Crippen LogP contribution in [0, 0.1) is 12.8 Å². The van der Waals surface area contributed by atoms with Crippen LogP contribution in [0.2, 0.25) is 0 Å². The summed E-state index contributed by atoms with van der Waals surface area (Å²) in [6.07, 6.45) is 5.19. The Morgan fingerprint density at radius 1 is 1.09 bits per heavy atom. The molecule has 0 amide bonds. The van der Waals surface area contributed by atoms with E-state index in [0.717, 1.165) is 35.5 Å². The van der Waals surface area contributed by atoms with Crippen LogP contribution in [-0.2, 0) is 0 Å². The molecule has 1 saturated carbocycles. The lowest BCUT2D eigenvalue weighted by Crippen LogP contribution is -2.23. The highest BCUT2D eigenvalue weighted by Crippen LogP contribution is 2.32. The van der Waals surface area contributed by atoms with Gasteiger partial charge in [-0.1, -0.05) is 25.1 Å². The summed E-state index contributed by atoms with van der Waals surface area (Å²) in [5.74, 6) is 1.93. The Balaban J connectivity index is 1.87. The fraction of sp³-hybridized carbons (Fsp3) is 0.450. The lowest BCUT2D eigenvalue weighted by atomic mass is 9.89. The van der Waals surface area contributed by atoms with E-state index in [-0.39, 0.29) is 5.78 Å². The van der Waals surface area contributed by atoms with Crippen molar-refractivity contribution in [2.24, 2.45) is 5.92 Å². The first-order chi connectivity index (χ1) is 10.5. The van der Waals surface area contributed by atoms with E-state index in [0.29, 0.717) is 6.10 Å². The number of aryl methyl sites for hydroxylation is 1. The minimum absolute atomic E-state index is 0.108. The number of ketones is 1. The van der Waals surface area contributed by atoms with Gasteiger partial charge in [-0.2, -0.15) is 0 Å². The quantitative estimate of drug-likeness (QED) is 0.718. The first-order valence-corrected chi connectivity index (χ1v) is 8.25. The summed E-state index contributed by atoms with van der Waals surface area (Å²) in [7, 11) is 0. The van der Waals surface area contributed by atoms with Crippen LogP contribution in [0.3, 0.4) is 0 Å². The van der Waals surface area contributed by atoms with E-state index in [9.17, 15) is 4.79 Å². The van der Waals surface area contributed by atoms with Crippen LogP contribution in [0.15, 0.2) is 30.3 Å². The third-order valence-corrected chi connectivity index (χ3v) is 4.90. The normalized spacial score (nSPS) is 21.8. The van der Waals surface area contributed by atoms with Gasteiger partial charge in [-0.15, -0.1) is 0 Å². The van der Waals surface area contributed by atoms with E-state index >= 15 is 0 Å². The minimum Gasteiger partial charge on any atom is -0.490 e. The van der Waals surface area contributed by atoms with Crippen LogP contribution >= 0.6 is 0 Å². The largest absolute Gasteiger partial charge is 0.490 e. The van der Waals surface area contributed by atoms with Gasteiger partial charge in [0.15, 0.2) is 5.78 Å². The second kappa shape index (κ2) is 6.12. The summed E-state index contributed by atoms with van der Waals surface area (Å²) < 4.78 is 6.25. The van der Waals surface area contributed by atoms with Crippen molar-refractivity contribution in [1.29, 1.82) is 0 Å². The maximum atomic E-state index is 11.5. The molecule has 0 bridgehead atoms. The number of carbonyl (C=O) groups excluding carboxylic acids is 1. The molecule has 0 N–H and O–H groups in total. The molecular formula is C20H24O2. The molecule has 2 heteroatoms. The molecule has 1 fully saturated rings. The van der Waals surface area contributed by atoms with Crippen LogP contribution in [0.5, 0.6) is 5.75 Å². The third-order valence-electron chi connectivity index (χ3n) is 4.90. The number of carbonyl (C=O) groups is 1. The number of Topliss-reactive ketones (excluding diaryl/α,β-unsaturated/α-hetero) is 1. The highest BCUT2D eigenvalue weighted by molar-refractivity contribution is 5.99. The van der Waals surface area contributed by atoms with Crippen molar-refractivity contribution >= 4 is 16.6 Å². The number of hydrogen-bond acceptors (Lipinski definition) is 2. The second-order valence-electron chi connectivity index (χ2n) is 6.68.